The van der Waals surface area contributed by atoms with Crippen molar-refractivity contribution in [3.63, 3.8) is 0 Å². The summed E-state index contributed by atoms with van der Waals surface area (Å²) >= 11 is 0. The van der Waals surface area contributed by atoms with E-state index in [1.807, 2.05) is 0 Å². The van der Waals surface area contributed by atoms with Gasteiger partial charge in [0.15, 0.2) is 0 Å². The van der Waals surface area contributed by atoms with E-state index >= 15 is 0 Å². The maximum atomic E-state index is 12.9. The van der Waals surface area contributed by atoms with E-state index in [-0.39, 0.29) is 5.82 Å². The lowest BCUT2D eigenvalue weighted by Crippen LogP contribution is -1.80. The van der Waals surface area contributed by atoms with Crippen molar-refractivity contribution in [2.24, 2.45) is 0 Å². The van der Waals surface area contributed by atoms with Gasteiger partial charge >= 0.3 is 0 Å². The minimum Gasteiger partial charge on any atom is -0.277 e. The highest BCUT2D eigenvalue weighted by molar-refractivity contribution is 5.77. The van der Waals surface area contributed by atoms with Gasteiger partial charge in [0, 0.05) is 5.39 Å². The van der Waals surface area contributed by atoms with Crippen LogP contribution in [0.3, 0.4) is 0 Å². The number of benzene rings is 1. The van der Waals surface area contributed by atoms with Crippen LogP contribution in [0.5, 0.6) is 0 Å². The molecule has 0 saturated heterocycles. The second kappa shape index (κ2) is 2.05. The minimum atomic E-state index is -0.213. The van der Waals surface area contributed by atoms with Crippen molar-refractivity contribution in [1.82, 2.24) is 10.2 Å². The summed E-state index contributed by atoms with van der Waals surface area (Å²) < 4.78 is 12.9. The quantitative estimate of drug-likeness (QED) is 0.608. The van der Waals surface area contributed by atoms with E-state index in [9.17, 15) is 4.39 Å². The molecular weight excluding hydrogens is 143 g/mol. The monoisotopic (exact) mass is 149 g/mol. The molecule has 11 heavy (non-hydrogen) atoms. The second-order valence-electron chi connectivity index (χ2n) is 2.48. The lowest BCUT2D eigenvalue weighted by molar-refractivity contribution is 0.620. The molecule has 1 N–H and O–H groups in total. The third kappa shape index (κ3) is 0.888. The smallest absolute Gasteiger partial charge is 0.128 e. The van der Waals surface area contributed by atoms with Crippen LogP contribution in [0.4, 0.5) is 4.39 Å². The summed E-state index contributed by atoms with van der Waals surface area (Å²) in [7, 11) is 0. The van der Waals surface area contributed by atoms with Crippen molar-refractivity contribution >= 4 is 10.9 Å². The molecule has 0 aliphatic carbocycles. The van der Waals surface area contributed by atoms with Crippen molar-refractivity contribution in [3.05, 3.63) is 29.7 Å². The van der Waals surface area contributed by atoms with Crippen LogP contribution in [0.1, 0.15) is 5.56 Å². The summed E-state index contributed by atoms with van der Waals surface area (Å²) in [5.74, 6) is -0.213. The highest BCUT2D eigenvalue weighted by Gasteiger charge is 2.00. The van der Waals surface area contributed by atoms with Gasteiger partial charge in [-0.1, -0.05) is 0 Å². The van der Waals surface area contributed by atoms with Crippen molar-refractivity contribution in [2.45, 2.75) is 6.92 Å². The molecule has 0 amide bonds. The Hall–Kier alpha value is -1.38. The van der Waals surface area contributed by atoms with Gasteiger partial charge in [0.25, 0.3) is 0 Å². The zero-order valence-corrected chi connectivity index (χ0v) is 5.98. The van der Waals surface area contributed by atoms with Gasteiger partial charge in [-0.15, -0.1) is 0 Å². The molecule has 0 unspecified atom stereocenters. The molecule has 0 fully saturated rings. The summed E-state index contributed by atoms with van der Waals surface area (Å²) in [5, 5.41) is 7.13. The Labute approximate surface area is 63.0 Å². The SMILES string of the molecule is Cc1cc2[c]n[nH]c2cc1F. The van der Waals surface area contributed by atoms with Crippen LogP contribution in [0.25, 0.3) is 10.9 Å². The molecule has 0 atom stereocenters. The largest absolute Gasteiger partial charge is 0.277 e. The molecule has 2 aromatic rings. The van der Waals surface area contributed by atoms with Crippen LogP contribution < -0.4 is 0 Å². The van der Waals surface area contributed by atoms with Crippen molar-refractivity contribution in [3.8, 4) is 0 Å². The van der Waals surface area contributed by atoms with E-state index in [2.05, 4.69) is 16.4 Å². The maximum absolute atomic E-state index is 12.9. The lowest BCUT2D eigenvalue weighted by Gasteiger charge is -1.93. The number of halogens is 1. The zero-order valence-electron chi connectivity index (χ0n) is 5.98. The standard InChI is InChI=1S/C8H6FN2/c1-5-2-6-4-10-11-8(6)3-7(5)9/h2-3H,1H3,(H,10,11). The molecular formula is C8H6FN2. The van der Waals surface area contributed by atoms with Gasteiger partial charge in [-0.05, 0) is 24.6 Å². The minimum absolute atomic E-state index is 0.213. The first kappa shape index (κ1) is 6.34. The molecule has 2 rings (SSSR count). The number of aromatic nitrogens is 2. The normalized spacial score (nSPS) is 10.7. The summed E-state index contributed by atoms with van der Waals surface area (Å²) in [5.41, 5.74) is 1.31. The summed E-state index contributed by atoms with van der Waals surface area (Å²) in [4.78, 5) is 0. The Balaban J connectivity index is 2.86. The molecule has 0 saturated carbocycles. The third-order valence-corrected chi connectivity index (χ3v) is 1.65. The van der Waals surface area contributed by atoms with Gasteiger partial charge in [0.1, 0.15) is 12.0 Å². The van der Waals surface area contributed by atoms with Crippen LogP contribution in [0, 0.1) is 18.9 Å². The summed E-state index contributed by atoms with van der Waals surface area (Å²) in [6.45, 7) is 1.72. The van der Waals surface area contributed by atoms with Gasteiger partial charge in [0.05, 0.1) is 5.52 Å². The summed E-state index contributed by atoms with van der Waals surface area (Å²) in [6, 6.07) is 3.14. The molecule has 0 spiro atoms. The van der Waals surface area contributed by atoms with Crippen LogP contribution in [0.15, 0.2) is 12.1 Å². The molecule has 0 aliphatic rings. The van der Waals surface area contributed by atoms with E-state index < -0.39 is 0 Å². The zero-order chi connectivity index (χ0) is 7.84. The number of nitrogens with one attached hydrogen (secondary N) is 1. The van der Waals surface area contributed by atoms with E-state index in [0.29, 0.717) is 11.1 Å². The number of hydrogen-bond acceptors (Lipinski definition) is 1. The first-order valence-electron chi connectivity index (χ1n) is 3.29. The number of fused-ring (bicyclic) bond motifs is 1. The second-order valence-corrected chi connectivity index (χ2v) is 2.48. The summed E-state index contributed by atoms with van der Waals surface area (Å²) in [6.07, 6.45) is 2.72. The van der Waals surface area contributed by atoms with Crippen LogP contribution in [-0.2, 0) is 0 Å². The van der Waals surface area contributed by atoms with Crippen molar-refractivity contribution in [2.75, 3.05) is 0 Å². The molecule has 55 valence electrons. The van der Waals surface area contributed by atoms with Crippen LogP contribution in [0.2, 0.25) is 0 Å². The fourth-order valence-corrected chi connectivity index (χ4v) is 1.01. The number of aromatic amines is 1. The maximum Gasteiger partial charge on any atom is 0.128 e. The van der Waals surface area contributed by atoms with E-state index in [1.54, 1.807) is 13.0 Å². The Bertz CT molecular complexity index is 356. The molecule has 1 radical (unpaired) electrons. The predicted molar refractivity (Wildman–Crippen MR) is 39.6 cm³/mol. The third-order valence-electron chi connectivity index (χ3n) is 1.65. The molecule has 1 aromatic carbocycles. The van der Waals surface area contributed by atoms with E-state index in [4.69, 9.17) is 0 Å². The molecule has 0 aliphatic heterocycles. The first-order valence-corrected chi connectivity index (χ1v) is 3.29. The highest BCUT2D eigenvalue weighted by atomic mass is 19.1. The Morgan fingerprint density at radius 1 is 1.55 bits per heavy atom. The van der Waals surface area contributed by atoms with Gasteiger partial charge < -0.3 is 0 Å². The van der Waals surface area contributed by atoms with Gasteiger partial charge in [-0.2, -0.15) is 5.10 Å². The predicted octanol–water partition coefficient (Wildman–Crippen LogP) is 1.81. The van der Waals surface area contributed by atoms with Gasteiger partial charge in [-0.25, -0.2) is 4.39 Å². The number of rotatable bonds is 0. The Morgan fingerprint density at radius 3 is 3.18 bits per heavy atom. The average Bonchev–Trinajstić information content (AvgIpc) is 2.36. The van der Waals surface area contributed by atoms with Crippen molar-refractivity contribution in [1.29, 1.82) is 0 Å². The number of nitrogens with zero attached hydrogens (tertiary/aromatic N) is 1. The fourth-order valence-electron chi connectivity index (χ4n) is 1.01. The number of aryl methyl sites for hydroxylation is 1. The molecule has 1 heterocycles. The number of H-pyrrole nitrogens is 1. The molecule has 1 aromatic heterocycles. The Kier molecular flexibility index (Phi) is 1.18. The molecule has 3 heteroatoms. The Morgan fingerprint density at radius 2 is 2.36 bits per heavy atom. The highest BCUT2D eigenvalue weighted by Crippen LogP contribution is 2.14. The number of hydrogen-bond donors (Lipinski definition) is 1. The molecule has 2 nitrogen and oxygen atoms in total. The first-order chi connectivity index (χ1) is 5.27. The lowest BCUT2D eigenvalue weighted by atomic mass is 10.2. The van der Waals surface area contributed by atoms with E-state index in [0.717, 1.165) is 5.39 Å². The van der Waals surface area contributed by atoms with Crippen molar-refractivity contribution < 1.29 is 4.39 Å². The van der Waals surface area contributed by atoms with E-state index in [1.165, 1.54) is 6.07 Å². The average molecular weight is 149 g/mol. The van der Waals surface area contributed by atoms with Gasteiger partial charge in [0.2, 0.25) is 0 Å². The van der Waals surface area contributed by atoms with Crippen LogP contribution >= 0.6 is 0 Å². The van der Waals surface area contributed by atoms with Gasteiger partial charge in [-0.3, -0.25) is 5.10 Å². The van der Waals surface area contributed by atoms with Crippen LogP contribution in [-0.4, -0.2) is 10.2 Å². The topological polar surface area (TPSA) is 28.7 Å². The fraction of sp³-hybridized carbons (Fsp3) is 0.125. The molecule has 0 bridgehead atoms.